The predicted molar refractivity (Wildman–Crippen MR) is 94.9 cm³/mol. The van der Waals surface area contributed by atoms with E-state index in [0.717, 1.165) is 30.8 Å². The largest absolute Gasteiger partial charge is 0.417 e. The topological polar surface area (TPSA) is 63.1 Å². The molecule has 2 aromatic rings. The van der Waals surface area contributed by atoms with Crippen LogP contribution >= 0.6 is 11.6 Å². The van der Waals surface area contributed by atoms with Crippen LogP contribution in [-0.4, -0.2) is 39.8 Å². The Balaban J connectivity index is 1.71. The molecule has 3 rings (SSSR count). The third-order valence-corrected chi connectivity index (χ3v) is 4.72. The molecular weight excluding hydrogens is 383 g/mol. The molecule has 1 aliphatic rings. The van der Waals surface area contributed by atoms with Gasteiger partial charge in [-0.3, -0.25) is 9.48 Å². The third-order valence-electron chi connectivity index (χ3n) is 4.44. The quantitative estimate of drug-likeness (QED) is 0.858. The molecule has 0 bridgehead atoms. The lowest BCUT2D eigenvalue weighted by molar-refractivity contribution is -0.137. The van der Waals surface area contributed by atoms with Gasteiger partial charge in [-0.05, 0) is 31.9 Å². The van der Waals surface area contributed by atoms with Crippen molar-refractivity contribution in [2.75, 3.05) is 18.0 Å². The average Bonchev–Trinajstić information content (AvgIpc) is 2.92. The highest BCUT2D eigenvalue weighted by molar-refractivity contribution is 6.33. The Kier molecular flexibility index (Phi) is 5.32. The van der Waals surface area contributed by atoms with Crippen LogP contribution in [0.1, 0.15) is 34.6 Å². The second-order valence-corrected chi connectivity index (χ2v) is 6.99. The summed E-state index contributed by atoms with van der Waals surface area (Å²) in [4.78, 5) is 18.2. The maximum Gasteiger partial charge on any atom is 0.417 e. The molecule has 1 N–H and O–H groups in total. The summed E-state index contributed by atoms with van der Waals surface area (Å²) < 4.78 is 39.8. The zero-order valence-electron chi connectivity index (χ0n) is 14.8. The van der Waals surface area contributed by atoms with Gasteiger partial charge in [0.05, 0.1) is 16.3 Å². The van der Waals surface area contributed by atoms with E-state index in [1.165, 1.54) is 4.68 Å². The standard InChI is InChI=1S/C17H19ClF3N5O/c1-10-6-14(25(2)24-10)16(27)23-12-4-3-5-26(9-12)15-13(18)7-11(8-22-15)17(19,20)21/h6-8,12H,3-5,9H2,1-2H3,(H,23,27). The van der Waals surface area contributed by atoms with Crippen molar-refractivity contribution in [3.63, 3.8) is 0 Å². The Morgan fingerprint density at radius 2 is 2.11 bits per heavy atom. The van der Waals surface area contributed by atoms with Gasteiger partial charge in [-0.25, -0.2) is 4.98 Å². The van der Waals surface area contributed by atoms with Gasteiger partial charge < -0.3 is 10.2 Å². The molecule has 0 radical (unpaired) electrons. The van der Waals surface area contributed by atoms with Gasteiger partial charge in [-0.15, -0.1) is 0 Å². The monoisotopic (exact) mass is 401 g/mol. The SMILES string of the molecule is Cc1cc(C(=O)NC2CCCN(c3ncc(C(F)(F)F)cc3Cl)C2)n(C)n1. The fraction of sp³-hybridized carbons (Fsp3) is 0.471. The number of aryl methyl sites for hydroxylation is 2. The summed E-state index contributed by atoms with van der Waals surface area (Å²) in [7, 11) is 1.70. The Morgan fingerprint density at radius 1 is 1.37 bits per heavy atom. The molecule has 1 unspecified atom stereocenters. The molecule has 1 fully saturated rings. The van der Waals surface area contributed by atoms with Crippen LogP contribution in [0.15, 0.2) is 18.3 Å². The molecule has 2 aromatic heterocycles. The molecule has 1 saturated heterocycles. The van der Waals surface area contributed by atoms with Gasteiger partial charge in [0, 0.05) is 32.4 Å². The molecule has 10 heteroatoms. The van der Waals surface area contributed by atoms with E-state index in [-0.39, 0.29) is 17.0 Å². The molecule has 27 heavy (non-hydrogen) atoms. The number of pyridine rings is 1. The normalized spacial score (nSPS) is 17.9. The molecule has 0 spiro atoms. The fourth-order valence-corrected chi connectivity index (χ4v) is 3.47. The number of nitrogens with one attached hydrogen (secondary N) is 1. The van der Waals surface area contributed by atoms with Crippen LogP contribution in [0, 0.1) is 6.92 Å². The molecule has 0 aromatic carbocycles. The molecule has 146 valence electrons. The summed E-state index contributed by atoms with van der Waals surface area (Å²) in [6, 6.07) is 2.41. The van der Waals surface area contributed by atoms with Gasteiger partial charge in [0.25, 0.3) is 5.91 Å². The van der Waals surface area contributed by atoms with Crippen molar-refractivity contribution < 1.29 is 18.0 Å². The number of carbonyl (C=O) groups is 1. The lowest BCUT2D eigenvalue weighted by atomic mass is 10.1. The van der Waals surface area contributed by atoms with Crippen molar-refractivity contribution in [3.05, 3.63) is 40.3 Å². The minimum absolute atomic E-state index is 0.0564. The Labute approximate surface area is 159 Å². The second-order valence-electron chi connectivity index (χ2n) is 6.58. The van der Waals surface area contributed by atoms with E-state index in [9.17, 15) is 18.0 Å². The molecule has 6 nitrogen and oxygen atoms in total. The van der Waals surface area contributed by atoms with Crippen molar-refractivity contribution in [3.8, 4) is 0 Å². The molecular formula is C17H19ClF3N5O. The number of hydrogen-bond acceptors (Lipinski definition) is 4. The number of piperidine rings is 1. The van der Waals surface area contributed by atoms with Crippen molar-refractivity contribution >= 4 is 23.3 Å². The van der Waals surface area contributed by atoms with E-state index in [1.54, 1.807) is 24.9 Å². The lowest BCUT2D eigenvalue weighted by Crippen LogP contribution is -2.48. The first-order valence-electron chi connectivity index (χ1n) is 8.44. The van der Waals surface area contributed by atoms with Crippen LogP contribution in [0.3, 0.4) is 0 Å². The van der Waals surface area contributed by atoms with Crippen LogP contribution in [0.2, 0.25) is 5.02 Å². The summed E-state index contributed by atoms with van der Waals surface area (Å²) in [5.74, 6) is 0.0522. The van der Waals surface area contributed by atoms with E-state index >= 15 is 0 Å². The number of halogens is 4. The smallest absolute Gasteiger partial charge is 0.353 e. The number of alkyl halides is 3. The highest BCUT2D eigenvalue weighted by Crippen LogP contribution is 2.34. The zero-order chi connectivity index (χ0) is 19.8. The highest BCUT2D eigenvalue weighted by atomic mass is 35.5. The first-order chi connectivity index (χ1) is 12.6. The summed E-state index contributed by atoms with van der Waals surface area (Å²) in [5.41, 5.74) is 0.314. The second kappa shape index (κ2) is 7.38. The van der Waals surface area contributed by atoms with Crippen molar-refractivity contribution in [2.45, 2.75) is 32.0 Å². The van der Waals surface area contributed by atoms with E-state index < -0.39 is 11.7 Å². The van der Waals surface area contributed by atoms with Gasteiger partial charge in [0.15, 0.2) is 0 Å². The van der Waals surface area contributed by atoms with Crippen molar-refractivity contribution in [1.29, 1.82) is 0 Å². The Bertz CT molecular complexity index is 852. The summed E-state index contributed by atoms with van der Waals surface area (Å²) in [5, 5.41) is 7.05. The number of nitrogens with zero attached hydrogens (tertiary/aromatic N) is 4. The van der Waals surface area contributed by atoms with Gasteiger partial charge in [-0.1, -0.05) is 11.6 Å². The minimum Gasteiger partial charge on any atom is -0.353 e. The van der Waals surface area contributed by atoms with E-state index in [1.807, 2.05) is 0 Å². The summed E-state index contributed by atoms with van der Waals surface area (Å²) >= 11 is 6.04. The van der Waals surface area contributed by atoms with E-state index in [4.69, 9.17) is 11.6 Å². The van der Waals surface area contributed by atoms with Gasteiger partial charge in [0.2, 0.25) is 0 Å². The van der Waals surface area contributed by atoms with Crippen molar-refractivity contribution in [2.24, 2.45) is 7.05 Å². The fourth-order valence-electron chi connectivity index (χ4n) is 3.19. The Hall–Kier alpha value is -2.29. The lowest BCUT2D eigenvalue weighted by Gasteiger charge is -2.34. The number of hydrogen-bond donors (Lipinski definition) is 1. The molecule has 1 atom stereocenters. The number of anilines is 1. The van der Waals surface area contributed by atoms with Crippen LogP contribution in [0.25, 0.3) is 0 Å². The highest BCUT2D eigenvalue weighted by Gasteiger charge is 2.32. The minimum atomic E-state index is -4.49. The van der Waals surface area contributed by atoms with E-state index in [0.29, 0.717) is 24.6 Å². The number of aromatic nitrogens is 3. The predicted octanol–water partition coefficient (Wildman–Crippen LogP) is 3.19. The van der Waals surface area contributed by atoms with Gasteiger partial charge in [0.1, 0.15) is 11.5 Å². The van der Waals surface area contributed by atoms with Gasteiger partial charge >= 0.3 is 6.18 Å². The molecule has 0 aliphatic carbocycles. The van der Waals surface area contributed by atoms with E-state index in [2.05, 4.69) is 15.4 Å². The number of rotatable bonds is 3. The Morgan fingerprint density at radius 3 is 2.70 bits per heavy atom. The van der Waals surface area contributed by atoms with Crippen molar-refractivity contribution in [1.82, 2.24) is 20.1 Å². The van der Waals surface area contributed by atoms with Crippen LogP contribution in [0.4, 0.5) is 19.0 Å². The number of amides is 1. The molecule has 3 heterocycles. The number of carbonyl (C=O) groups excluding carboxylic acids is 1. The summed E-state index contributed by atoms with van der Waals surface area (Å²) in [6.07, 6.45) is -2.19. The van der Waals surface area contributed by atoms with Gasteiger partial charge in [-0.2, -0.15) is 18.3 Å². The molecule has 1 aliphatic heterocycles. The zero-order valence-corrected chi connectivity index (χ0v) is 15.6. The average molecular weight is 402 g/mol. The van der Waals surface area contributed by atoms with Crippen LogP contribution < -0.4 is 10.2 Å². The first-order valence-corrected chi connectivity index (χ1v) is 8.82. The molecule has 1 amide bonds. The third kappa shape index (κ3) is 4.35. The first kappa shape index (κ1) is 19.5. The maximum atomic E-state index is 12.8. The summed E-state index contributed by atoms with van der Waals surface area (Å²) in [6.45, 7) is 2.83. The van der Waals surface area contributed by atoms with Crippen LogP contribution in [0.5, 0.6) is 0 Å². The molecule has 0 saturated carbocycles. The van der Waals surface area contributed by atoms with Crippen LogP contribution in [-0.2, 0) is 13.2 Å². The maximum absolute atomic E-state index is 12.8.